The highest BCUT2D eigenvalue weighted by Crippen LogP contribution is 2.36. The van der Waals surface area contributed by atoms with E-state index in [-0.39, 0.29) is 12.0 Å². The third-order valence-corrected chi connectivity index (χ3v) is 6.74. The summed E-state index contributed by atoms with van der Waals surface area (Å²) >= 11 is 0. The Morgan fingerprint density at radius 2 is 2.03 bits per heavy atom. The third kappa shape index (κ3) is 4.24. The predicted molar refractivity (Wildman–Crippen MR) is 119 cm³/mol. The van der Waals surface area contributed by atoms with Crippen LogP contribution in [0.25, 0.3) is 11.1 Å². The number of nitrogens with one attached hydrogen (secondary N) is 1. The third-order valence-electron chi connectivity index (χ3n) is 6.74. The van der Waals surface area contributed by atoms with Gasteiger partial charge in [0.1, 0.15) is 6.10 Å². The molecule has 1 atom stereocenters. The van der Waals surface area contributed by atoms with E-state index in [0.717, 1.165) is 47.6 Å². The van der Waals surface area contributed by atoms with Crippen molar-refractivity contribution in [3.8, 4) is 17.0 Å². The number of hydrogen-bond acceptors (Lipinski definition) is 6. The van der Waals surface area contributed by atoms with E-state index in [1.807, 2.05) is 25.4 Å². The molecule has 1 unspecified atom stereocenters. The van der Waals surface area contributed by atoms with Gasteiger partial charge in [0.2, 0.25) is 17.7 Å². The molecule has 1 aromatic heterocycles. The summed E-state index contributed by atoms with van der Waals surface area (Å²) in [5.41, 5.74) is 3.80. The molecular weight excluding hydrogens is 392 g/mol. The van der Waals surface area contributed by atoms with Crippen LogP contribution >= 0.6 is 0 Å². The fourth-order valence-corrected chi connectivity index (χ4v) is 4.71. The van der Waals surface area contributed by atoms with Gasteiger partial charge in [0.15, 0.2) is 0 Å². The molecule has 1 aliphatic carbocycles. The van der Waals surface area contributed by atoms with Crippen molar-refractivity contribution in [2.45, 2.75) is 57.6 Å². The van der Waals surface area contributed by atoms with Crippen molar-refractivity contribution in [1.82, 2.24) is 9.97 Å². The number of benzene rings is 1. The number of anilines is 2. The number of rotatable bonds is 5. The molecule has 1 saturated heterocycles. The number of likely N-dealkylation sites (N-methyl/N-ethyl adjacent to an activating group) is 1. The van der Waals surface area contributed by atoms with Crippen LogP contribution in [-0.4, -0.2) is 48.3 Å². The van der Waals surface area contributed by atoms with Crippen molar-refractivity contribution < 1.29 is 14.3 Å². The van der Waals surface area contributed by atoms with Gasteiger partial charge in [-0.15, -0.1) is 0 Å². The Labute approximate surface area is 183 Å². The SMILES string of the molecule is CC1CCC(Nc2ncc(-c3ccc4c(c3)CC(=O)N4C)c(OC3CCOC3)n2)CC1. The topological polar surface area (TPSA) is 76.6 Å². The summed E-state index contributed by atoms with van der Waals surface area (Å²) < 4.78 is 11.8. The molecule has 3 aliphatic rings. The maximum Gasteiger partial charge on any atom is 0.231 e. The number of carbonyl (C=O) groups excluding carboxylic acids is 1. The minimum absolute atomic E-state index is 0.000770. The molecule has 31 heavy (non-hydrogen) atoms. The fourth-order valence-electron chi connectivity index (χ4n) is 4.71. The van der Waals surface area contributed by atoms with Crippen molar-refractivity contribution in [2.24, 2.45) is 5.92 Å². The largest absolute Gasteiger partial charge is 0.471 e. The number of ether oxygens (including phenoxy) is 2. The van der Waals surface area contributed by atoms with Crippen LogP contribution in [0.3, 0.4) is 0 Å². The standard InChI is InChI=1S/C24H30N4O3/c1-15-3-6-18(7-4-15)26-24-25-13-20(23(27-24)31-19-9-10-30-14-19)16-5-8-21-17(11-16)12-22(29)28(21)2/h5,8,11,13,15,18-19H,3-4,6-7,9-10,12,14H2,1-2H3,(H,25,26,27). The average Bonchev–Trinajstić information content (AvgIpc) is 3.37. The smallest absolute Gasteiger partial charge is 0.231 e. The summed E-state index contributed by atoms with van der Waals surface area (Å²) in [4.78, 5) is 23.2. The number of fused-ring (bicyclic) bond motifs is 1. The molecule has 2 aromatic rings. The average molecular weight is 423 g/mol. The highest BCUT2D eigenvalue weighted by atomic mass is 16.5. The minimum Gasteiger partial charge on any atom is -0.471 e. The van der Waals surface area contributed by atoms with Crippen molar-refractivity contribution in [1.29, 1.82) is 0 Å². The number of carbonyl (C=O) groups is 1. The van der Waals surface area contributed by atoms with E-state index in [9.17, 15) is 4.79 Å². The molecule has 1 saturated carbocycles. The van der Waals surface area contributed by atoms with E-state index in [0.29, 0.717) is 37.5 Å². The highest BCUT2D eigenvalue weighted by molar-refractivity contribution is 6.01. The normalized spacial score (nSPS) is 25.5. The molecule has 1 amide bonds. The van der Waals surface area contributed by atoms with Gasteiger partial charge in [-0.05, 0) is 54.9 Å². The van der Waals surface area contributed by atoms with Crippen LogP contribution < -0.4 is 15.0 Å². The van der Waals surface area contributed by atoms with Crippen LogP contribution in [0.15, 0.2) is 24.4 Å². The monoisotopic (exact) mass is 422 g/mol. The van der Waals surface area contributed by atoms with Crippen LogP contribution in [-0.2, 0) is 16.0 Å². The van der Waals surface area contributed by atoms with Crippen molar-refractivity contribution in [3.63, 3.8) is 0 Å². The molecule has 3 heterocycles. The summed E-state index contributed by atoms with van der Waals surface area (Å²) in [5.74, 6) is 2.11. The molecular formula is C24H30N4O3. The lowest BCUT2D eigenvalue weighted by Gasteiger charge is -2.27. The second-order valence-electron chi connectivity index (χ2n) is 9.09. The molecule has 1 aromatic carbocycles. The zero-order chi connectivity index (χ0) is 21.4. The number of aromatic nitrogens is 2. The summed E-state index contributed by atoms with van der Waals surface area (Å²) in [5, 5.41) is 3.51. The van der Waals surface area contributed by atoms with Gasteiger partial charge < -0.3 is 19.7 Å². The quantitative estimate of drug-likeness (QED) is 0.789. The van der Waals surface area contributed by atoms with Gasteiger partial charge in [0.05, 0.1) is 25.2 Å². The summed E-state index contributed by atoms with van der Waals surface area (Å²) in [6.07, 6.45) is 7.88. The number of nitrogens with zero attached hydrogens (tertiary/aromatic N) is 3. The molecule has 164 valence electrons. The van der Waals surface area contributed by atoms with Crippen molar-refractivity contribution in [2.75, 3.05) is 30.5 Å². The molecule has 0 radical (unpaired) electrons. The van der Waals surface area contributed by atoms with E-state index in [2.05, 4.69) is 23.3 Å². The van der Waals surface area contributed by atoms with Gasteiger partial charge in [-0.3, -0.25) is 4.79 Å². The highest BCUT2D eigenvalue weighted by Gasteiger charge is 2.26. The predicted octanol–water partition coefficient (Wildman–Crippen LogP) is 3.82. The van der Waals surface area contributed by atoms with E-state index >= 15 is 0 Å². The Morgan fingerprint density at radius 3 is 2.81 bits per heavy atom. The molecule has 2 fully saturated rings. The molecule has 7 nitrogen and oxygen atoms in total. The van der Waals surface area contributed by atoms with Gasteiger partial charge in [0, 0.05) is 31.4 Å². The van der Waals surface area contributed by atoms with E-state index in [1.165, 1.54) is 12.8 Å². The zero-order valence-corrected chi connectivity index (χ0v) is 18.3. The Kier molecular flexibility index (Phi) is 5.52. The van der Waals surface area contributed by atoms with Crippen molar-refractivity contribution >= 4 is 17.5 Å². The number of hydrogen-bond donors (Lipinski definition) is 1. The van der Waals surface area contributed by atoms with Gasteiger partial charge in [-0.1, -0.05) is 13.0 Å². The Balaban J connectivity index is 1.43. The second kappa shape index (κ2) is 8.46. The Bertz CT molecular complexity index is 965. The van der Waals surface area contributed by atoms with Gasteiger partial charge in [-0.25, -0.2) is 4.98 Å². The fraction of sp³-hybridized carbons (Fsp3) is 0.542. The van der Waals surface area contributed by atoms with Gasteiger partial charge in [0.25, 0.3) is 0 Å². The lowest BCUT2D eigenvalue weighted by molar-refractivity contribution is -0.117. The van der Waals surface area contributed by atoms with Crippen LogP contribution in [0, 0.1) is 5.92 Å². The maximum atomic E-state index is 12.1. The van der Waals surface area contributed by atoms with Crippen LogP contribution in [0.2, 0.25) is 0 Å². The van der Waals surface area contributed by atoms with E-state index in [4.69, 9.17) is 14.5 Å². The minimum atomic E-state index is -0.000770. The summed E-state index contributed by atoms with van der Waals surface area (Å²) in [6.45, 7) is 3.61. The lowest BCUT2D eigenvalue weighted by Crippen LogP contribution is -2.26. The second-order valence-corrected chi connectivity index (χ2v) is 9.09. The summed E-state index contributed by atoms with van der Waals surface area (Å²) in [7, 11) is 1.82. The first-order valence-corrected chi connectivity index (χ1v) is 11.3. The van der Waals surface area contributed by atoms with Gasteiger partial charge >= 0.3 is 0 Å². The van der Waals surface area contributed by atoms with Crippen LogP contribution in [0.1, 0.15) is 44.6 Å². The summed E-state index contributed by atoms with van der Waals surface area (Å²) in [6, 6.07) is 6.47. The molecule has 5 rings (SSSR count). The van der Waals surface area contributed by atoms with Crippen molar-refractivity contribution in [3.05, 3.63) is 30.0 Å². The Hall–Kier alpha value is -2.67. The molecule has 1 N–H and O–H groups in total. The molecule has 2 aliphatic heterocycles. The van der Waals surface area contributed by atoms with E-state index < -0.39 is 0 Å². The molecule has 0 bridgehead atoms. The Morgan fingerprint density at radius 1 is 1.19 bits per heavy atom. The van der Waals surface area contributed by atoms with E-state index in [1.54, 1.807) is 4.90 Å². The zero-order valence-electron chi connectivity index (χ0n) is 18.3. The first kappa shape index (κ1) is 20.2. The van der Waals surface area contributed by atoms with Crippen LogP contribution in [0.4, 0.5) is 11.6 Å². The first-order valence-electron chi connectivity index (χ1n) is 11.3. The first-order chi connectivity index (χ1) is 15.1. The lowest BCUT2D eigenvalue weighted by atomic mass is 9.87. The maximum absolute atomic E-state index is 12.1. The molecule has 0 spiro atoms. The molecule has 7 heteroatoms. The number of amides is 1. The van der Waals surface area contributed by atoms with Gasteiger partial charge in [-0.2, -0.15) is 4.98 Å². The van der Waals surface area contributed by atoms with Crippen LogP contribution in [0.5, 0.6) is 5.88 Å².